The fraction of sp³-hybridized carbons (Fsp3) is 0.600. The van der Waals surface area contributed by atoms with Gasteiger partial charge in [-0.25, -0.2) is 0 Å². The van der Waals surface area contributed by atoms with Crippen LogP contribution in [-0.4, -0.2) is 19.8 Å². The Morgan fingerprint density at radius 3 is 2.22 bits per heavy atom. The van der Waals surface area contributed by atoms with E-state index < -0.39 is 0 Å². The molecule has 1 unspecified atom stereocenters. The molecule has 102 valence electrons. The average Bonchev–Trinajstić information content (AvgIpc) is 2.42. The first-order valence-electron chi connectivity index (χ1n) is 6.82. The minimum atomic E-state index is 0.342. The van der Waals surface area contributed by atoms with E-state index in [4.69, 9.17) is 15.2 Å². The van der Waals surface area contributed by atoms with Crippen molar-refractivity contribution in [3.8, 4) is 11.5 Å². The summed E-state index contributed by atoms with van der Waals surface area (Å²) in [4.78, 5) is 0. The molecule has 0 spiro atoms. The Balaban J connectivity index is 2.88. The summed E-state index contributed by atoms with van der Waals surface area (Å²) < 4.78 is 11.4. The van der Waals surface area contributed by atoms with Crippen LogP contribution in [0.2, 0.25) is 0 Å². The highest BCUT2D eigenvalue weighted by atomic mass is 16.5. The molecule has 0 fully saturated rings. The van der Waals surface area contributed by atoms with Crippen LogP contribution in [0.25, 0.3) is 0 Å². The van der Waals surface area contributed by atoms with Crippen LogP contribution < -0.4 is 15.2 Å². The average molecular weight is 251 g/mol. The number of hydrogen-bond donors (Lipinski definition) is 1. The third kappa shape index (κ3) is 4.22. The third-order valence-electron chi connectivity index (χ3n) is 2.81. The summed E-state index contributed by atoms with van der Waals surface area (Å²) in [5, 5.41) is 0. The van der Waals surface area contributed by atoms with Gasteiger partial charge in [-0.2, -0.15) is 0 Å². The predicted molar refractivity (Wildman–Crippen MR) is 75.5 cm³/mol. The number of benzene rings is 1. The van der Waals surface area contributed by atoms with Crippen LogP contribution in [0, 0.1) is 0 Å². The summed E-state index contributed by atoms with van der Waals surface area (Å²) in [6, 6.07) is 6.11. The van der Waals surface area contributed by atoms with Crippen LogP contribution in [-0.2, 0) is 0 Å². The van der Waals surface area contributed by atoms with Crippen molar-refractivity contribution in [2.45, 2.75) is 39.5 Å². The Bertz CT molecular complexity index is 352. The summed E-state index contributed by atoms with van der Waals surface area (Å²) in [5.41, 5.74) is 6.90. The first kappa shape index (κ1) is 14.8. The van der Waals surface area contributed by atoms with Gasteiger partial charge in [0.15, 0.2) is 11.5 Å². The lowest BCUT2D eigenvalue weighted by Crippen LogP contribution is -2.09. The van der Waals surface area contributed by atoms with Gasteiger partial charge >= 0.3 is 0 Å². The van der Waals surface area contributed by atoms with Gasteiger partial charge < -0.3 is 15.2 Å². The predicted octanol–water partition coefficient (Wildman–Crippen LogP) is 3.33. The molecule has 0 aliphatic carbocycles. The van der Waals surface area contributed by atoms with Crippen LogP contribution in [0.15, 0.2) is 18.2 Å². The molecule has 0 aliphatic heterocycles. The number of hydrogen-bond acceptors (Lipinski definition) is 3. The van der Waals surface area contributed by atoms with E-state index in [0.717, 1.165) is 24.3 Å². The Hall–Kier alpha value is -1.22. The molecule has 0 saturated heterocycles. The molecule has 0 radical (unpaired) electrons. The van der Waals surface area contributed by atoms with E-state index in [2.05, 4.69) is 32.9 Å². The van der Waals surface area contributed by atoms with E-state index in [1.807, 2.05) is 6.07 Å². The Morgan fingerprint density at radius 2 is 1.67 bits per heavy atom. The second-order valence-corrected chi connectivity index (χ2v) is 4.54. The van der Waals surface area contributed by atoms with Gasteiger partial charge in [0.25, 0.3) is 0 Å². The van der Waals surface area contributed by atoms with E-state index in [1.165, 1.54) is 5.56 Å². The number of rotatable bonds is 8. The van der Waals surface area contributed by atoms with Crippen molar-refractivity contribution >= 4 is 0 Å². The van der Waals surface area contributed by atoms with Gasteiger partial charge in [-0.05, 0) is 43.0 Å². The smallest absolute Gasteiger partial charge is 0.161 e. The first-order chi connectivity index (χ1) is 8.72. The molecule has 0 heterocycles. The van der Waals surface area contributed by atoms with Crippen molar-refractivity contribution < 1.29 is 9.47 Å². The Kier molecular flexibility index (Phi) is 6.58. The molecule has 1 atom stereocenters. The maximum atomic E-state index is 5.75. The van der Waals surface area contributed by atoms with Gasteiger partial charge in [-0.15, -0.1) is 0 Å². The summed E-state index contributed by atoms with van der Waals surface area (Å²) >= 11 is 0. The standard InChI is InChI=1S/C15H25NO2/c1-4-8-17-14-7-6-13(12(3)11-16)10-15(14)18-9-5-2/h6-7,10,12H,4-5,8-9,11,16H2,1-3H3. The maximum Gasteiger partial charge on any atom is 0.161 e. The van der Waals surface area contributed by atoms with Crippen molar-refractivity contribution in [3.05, 3.63) is 23.8 Å². The van der Waals surface area contributed by atoms with Crippen molar-refractivity contribution in [1.82, 2.24) is 0 Å². The van der Waals surface area contributed by atoms with Crippen molar-refractivity contribution in [3.63, 3.8) is 0 Å². The molecule has 0 amide bonds. The lowest BCUT2D eigenvalue weighted by atomic mass is 10.0. The van der Waals surface area contributed by atoms with E-state index in [-0.39, 0.29) is 0 Å². The second kappa shape index (κ2) is 7.98. The largest absolute Gasteiger partial charge is 0.490 e. The zero-order valence-electron chi connectivity index (χ0n) is 11.7. The van der Waals surface area contributed by atoms with Gasteiger partial charge in [-0.3, -0.25) is 0 Å². The van der Waals surface area contributed by atoms with Crippen molar-refractivity contribution in [2.24, 2.45) is 5.73 Å². The Labute approximate surface area is 110 Å². The lowest BCUT2D eigenvalue weighted by Gasteiger charge is -2.15. The summed E-state index contributed by atoms with van der Waals surface area (Å²) in [5.74, 6) is 2.01. The highest BCUT2D eigenvalue weighted by Gasteiger charge is 2.10. The molecule has 18 heavy (non-hydrogen) atoms. The lowest BCUT2D eigenvalue weighted by molar-refractivity contribution is 0.268. The molecule has 1 aromatic carbocycles. The topological polar surface area (TPSA) is 44.5 Å². The zero-order valence-corrected chi connectivity index (χ0v) is 11.7. The van der Waals surface area contributed by atoms with Crippen molar-refractivity contribution in [1.29, 1.82) is 0 Å². The summed E-state index contributed by atoms with van der Waals surface area (Å²) in [6.07, 6.45) is 1.98. The van der Waals surface area contributed by atoms with Crippen LogP contribution in [0.5, 0.6) is 11.5 Å². The molecule has 0 bridgehead atoms. The molecule has 3 nitrogen and oxygen atoms in total. The van der Waals surface area contributed by atoms with E-state index in [1.54, 1.807) is 0 Å². The van der Waals surface area contributed by atoms with Crippen LogP contribution in [0.4, 0.5) is 0 Å². The zero-order chi connectivity index (χ0) is 13.4. The summed E-state index contributed by atoms with van der Waals surface area (Å²) in [6.45, 7) is 8.38. The monoisotopic (exact) mass is 251 g/mol. The van der Waals surface area contributed by atoms with E-state index in [0.29, 0.717) is 25.7 Å². The van der Waals surface area contributed by atoms with E-state index in [9.17, 15) is 0 Å². The SMILES string of the molecule is CCCOc1ccc(C(C)CN)cc1OCCC. The van der Waals surface area contributed by atoms with Crippen molar-refractivity contribution in [2.75, 3.05) is 19.8 Å². The molecule has 0 aliphatic rings. The number of nitrogens with two attached hydrogens (primary N) is 1. The van der Waals surface area contributed by atoms with Crippen LogP contribution in [0.3, 0.4) is 0 Å². The molecular formula is C15H25NO2. The fourth-order valence-electron chi connectivity index (χ4n) is 1.62. The molecule has 1 aromatic rings. The van der Waals surface area contributed by atoms with Gasteiger partial charge in [0.2, 0.25) is 0 Å². The molecule has 1 rings (SSSR count). The highest BCUT2D eigenvalue weighted by Crippen LogP contribution is 2.31. The van der Waals surface area contributed by atoms with E-state index >= 15 is 0 Å². The highest BCUT2D eigenvalue weighted by molar-refractivity contribution is 5.44. The van der Waals surface area contributed by atoms with Gasteiger partial charge in [-0.1, -0.05) is 26.8 Å². The fourth-order valence-corrected chi connectivity index (χ4v) is 1.62. The number of ether oxygens (including phenoxy) is 2. The third-order valence-corrected chi connectivity index (χ3v) is 2.81. The van der Waals surface area contributed by atoms with Gasteiger partial charge in [0, 0.05) is 0 Å². The minimum Gasteiger partial charge on any atom is -0.490 e. The molecule has 0 saturated carbocycles. The maximum absolute atomic E-state index is 5.75. The van der Waals surface area contributed by atoms with Crippen LogP contribution >= 0.6 is 0 Å². The Morgan fingerprint density at radius 1 is 1.06 bits per heavy atom. The van der Waals surface area contributed by atoms with Gasteiger partial charge in [0.1, 0.15) is 0 Å². The molecule has 2 N–H and O–H groups in total. The normalized spacial score (nSPS) is 12.2. The summed E-state index contributed by atoms with van der Waals surface area (Å²) in [7, 11) is 0. The molecule has 3 heteroatoms. The molecule has 0 aromatic heterocycles. The second-order valence-electron chi connectivity index (χ2n) is 4.54. The first-order valence-corrected chi connectivity index (χ1v) is 6.82. The quantitative estimate of drug-likeness (QED) is 0.770. The minimum absolute atomic E-state index is 0.342. The molecular weight excluding hydrogens is 226 g/mol. The van der Waals surface area contributed by atoms with Gasteiger partial charge in [0.05, 0.1) is 13.2 Å². The van der Waals surface area contributed by atoms with Crippen LogP contribution in [0.1, 0.15) is 45.1 Å².